The zero-order valence-electron chi connectivity index (χ0n) is 15.0. The van der Waals surface area contributed by atoms with Gasteiger partial charge in [-0.25, -0.2) is 0 Å². The molecule has 1 aromatic rings. The molecule has 3 heterocycles. The Bertz CT molecular complexity index is 781. The van der Waals surface area contributed by atoms with Gasteiger partial charge in [-0.1, -0.05) is 18.2 Å². The number of benzene rings is 1. The molecule has 4 rings (SSSR count). The van der Waals surface area contributed by atoms with Crippen LogP contribution in [0.4, 0.5) is 0 Å². The van der Waals surface area contributed by atoms with Crippen molar-refractivity contribution in [1.29, 1.82) is 0 Å². The maximum Gasteiger partial charge on any atom is 0.255 e. The van der Waals surface area contributed by atoms with Gasteiger partial charge in [-0.15, -0.1) is 0 Å². The molecular weight excluding hydrogens is 348 g/mol. The molecule has 27 heavy (non-hydrogen) atoms. The standard InChI is InChI=1S/C19H24N4O4/c24-15-9-20-7-6-13(15)21-8-11-2-1-3-12-10-23(19(27)17(11)12)14-4-5-16(25)22-18(14)26/h1-3,13-15,20-21,24H,4-10H2,(H,22,25,26)/t13-,14?,15-/m0/s1. The lowest BCUT2D eigenvalue weighted by Crippen LogP contribution is -2.52. The van der Waals surface area contributed by atoms with Crippen molar-refractivity contribution in [2.45, 2.75) is 50.5 Å². The van der Waals surface area contributed by atoms with Crippen molar-refractivity contribution in [2.75, 3.05) is 13.1 Å². The number of aliphatic hydroxyl groups excluding tert-OH is 1. The number of carbonyl (C=O) groups is 3. The molecule has 0 bridgehead atoms. The van der Waals surface area contributed by atoms with Crippen LogP contribution in [0, 0.1) is 0 Å². The van der Waals surface area contributed by atoms with Gasteiger partial charge in [0.1, 0.15) is 6.04 Å². The average Bonchev–Trinajstić information content (AvgIpc) is 2.98. The van der Waals surface area contributed by atoms with Crippen LogP contribution in [0.5, 0.6) is 0 Å². The molecule has 8 nitrogen and oxygen atoms in total. The van der Waals surface area contributed by atoms with Gasteiger partial charge in [-0.2, -0.15) is 0 Å². The summed E-state index contributed by atoms with van der Waals surface area (Å²) >= 11 is 0. The molecule has 3 aliphatic rings. The van der Waals surface area contributed by atoms with E-state index in [4.69, 9.17) is 0 Å². The van der Waals surface area contributed by atoms with Crippen LogP contribution < -0.4 is 16.0 Å². The number of nitrogens with one attached hydrogen (secondary N) is 3. The number of β-amino-alcohol motifs (C(OH)–C–C–N with tert-alkyl or cyclic N) is 1. The fourth-order valence-electron chi connectivity index (χ4n) is 4.16. The summed E-state index contributed by atoms with van der Waals surface area (Å²) < 4.78 is 0. The summed E-state index contributed by atoms with van der Waals surface area (Å²) in [7, 11) is 0. The first kappa shape index (κ1) is 18.1. The van der Waals surface area contributed by atoms with E-state index in [-0.39, 0.29) is 24.3 Å². The van der Waals surface area contributed by atoms with Crippen molar-refractivity contribution in [3.63, 3.8) is 0 Å². The van der Waals surface area contributed by atoms with Crippen LogP contribution in [0.2, 0.25) is 0 Å². The molecule has 2 fully saturated rings. The number of fused-ring (bicyclic) bond motifs is 1. The number of hydrogen-bond donors (Lipinski definition) is 4. The second-order valence-corrected chi connectivity index (χ2v) is 7.40. The molecule has 3 aliphatic heterocycles. The highest BCUT2D eigenvalue weighted by molar-refractivity contribution is 6.05. The van der Waals surface area contributed by atoms with E-state index >= 15 is 0 Å². The number of carbonyl (C=O) groups excluding carboxylic acids is 3. The van der Waals surface area contributed by atoms with Crippen molar-refractivity contribution in [3.05, 3.63) is 34.9 Å². The average molecular weight is 372 g/mol. The van der Waals surface area contributed by atoms with Crippen LogP contribution >= 0.6 is 0 Å². The molecule has 0 radical (unpaired) electrons. The monoisotopic (exact) mass is 372 g/mol. The first-order valence-electron chi connectivity index (χ1n) is 9.42. The lowest BCUT2D eigenvalue weighted by molar-refractivity contribution is -0.136. The van der Waals surface area contributed by atoms with Gasteiger partial charge in [0, 0.05) is 37.7 Å². The summed E-state index contributed by atoms with van der Waals surface area (Å²) in [5, 5.41) is 18.9. The summed E-state index contributed by atoms with van der Waals surface area (Å²) in [5.74, 6) is -0.849. The topological polar surface area (TPSA) is 111 Å². The molecule has 2 saturated heterocycles. The Morgan fingerprint density at radius 2 is 2.07 bits per heavy atom. The second-order valence-electron chi connectivity index (χ2n) is 7.40. The van der Waals surface area contributed by atoms with Crippen molar-refractivity contribution < 1.29 is 19.5 Å². The van der Waals surface area contributed by atoms with E-state index in [1.165, 1.54) is 0 Å². The number of nitrogens with zero attached hydrogens (tertiary/aromatic N) is 1. The molecular formula is C19H24N4O4. The molecule has 3 atom stereocenters. The minimum atomic E-state index is -0.602. The highest BCUT2D eigenvalue weighted by Gasteiger charge is 2.40. The number of piperidine rings is 2. The van der Waals surface area contributed by atoms with Crippen LogP contribution in [0.1, 0.15) is 40.7 Å². The summed E-state index contributed by atoms with van der Waals surface area (Å²) in [4.78, 5) is 38.1. The Morgan fingerprint density at radius 1 is 1.22 bits per heavy atom. The van der Waals surface area contributed by atoms with E-state index in [2.05, 4.69) is 16.0 Å². The molecule has 0 aromatic heterocycles. The van der Waals surface area contributed by atoms with E-state index in [1.807, 2.05) is 18.2 Å². The van der Waals surface area contributed by atoms with Gasteiger partial charge in [-0.05, 0) is 30.5 Å². The van der Waals surface area contributed by atoms with Crippen LogP contribution in [0.25, 0.3) is 0 Å². The van der Waals surface area contributed by atoms with Crippen LogP contribution in [0.3, 0.4) is 0 Å². The molecule has 0 saturated carbocycles. The van der Waals surface area contributed by atoms with E-state index in [0.717, 1.165) is 24.1 Å². The van der Waals surface area contributed by atoms with E-state index in [1.54, 1.807) is 4.90 Å². The predicted molar refractivity (Wildman–Crippen MR) is 96.6 cm³/mol. The summed E-state index contributed by atoms with van der Waals surface area (Å²) in [6.45, 7) is 2.28. The van der Waals surface area contributed by atoms with Gasteiger partial charge >= 0.3 is 0 Å². The number of hydrogen-bond acceptors (Lipinski definition) is 6. The van der Waals surface area contributed by atoms with Crippen molar-refractivity contribution in [2.24, 2.45) is 0 Å². The van der Waals surface area contributed by atoms with Crippen molar-refractivity contribution >= 4 is 17.7 Å². The van der Waals surface area contributed by atoms with Gasteiger partial charge in [0.2, 0.25) is 11.8 Å². The molecule has 1 aromatic carbocycles. The molecule has 3 amide bonds. The molecule has 1 unspecified atom stereocenters. The second kappa shape index (κ2) is 7.38. The number of rotatable bonds is 4. The Kier molecular flexibility index (Phi) is 4.94. The smallest absolute Gasteiger partial charge is 0.255 e. The maximum atomic E-state index is 13.0. The van der Waals surface area contributed by atoms with Crippen LogP contribution in [-0.4, -0.2) is 59.0 Å². The first-order valence-corrected chi connectivity index (χ1v) is 9.42. The lowest BCUT2D eigenvalue weighted by atomic mass is 10.0. The van der Waals surface area contributed by atoms with Crippen molar-refractivity contribution in [3.8, 4) is 0 Å². The minimum Gasteiger partial charge on any atom is -0.390 e. The normalized spacial score (nSPS) is 28.3. The maximum absolute atomic E-state index is 13.0. The molecule has 0 spiro atoms. The van der Waals surface area contributed by atoms with E-state index in [0.29, 0.717) is 31.6 Å². The predicted octanol–water partition coefficient (Wildman–Crippen LogP) is -0.740. The highest BCUT2D eigenvalue weighted by atomic mass is 16.3. The largest absolute Gasteiger partial charge is 0.390 e. The zero-order valence-corrected chi connectivity index (χ0v) is 15.0. The number of amides is 3. The summed E-state index contributed by atoms with van der Waals surface area (Å²) in [5.41, 5.74) is 2.41. The van der Waals surface area contributed by atoms with E-state index < -0.39 is 18.1 Å². The Labute approximate surface area is 157 Å². The Hall–Kier alpha value is -2.29. The van der Waals surface area contributed by atoms with Gasteiger partial charge in [0.15, 0.2) is 0 Å². The fraction of sp³-hybridized carbons (Fsp3) is 0.526. The van der Waals surface area contributed by atoms with Crippen LogP contribution in [-0.2, 0) is 22.7 Å². The van der Waals surface area contributed by atoms with Gasteiger partial charge in [-0.3, -0.25) is 19.7 Å². The summed E-state index contributed by atoms with van der Waals surface area (Å²) in [6.07, 6.45) is 0.982. The molecule has 0 aliphatic carbocycles. The van der Waals surface area contributed by atoms with Crippen molar-refractivity contribution in [1.82, 2.24) is 20.9 Å². The zero-order chi connectivity index (χ0) is 19.0. The third-order valence-electron chi connectivity index (χ3n) is 5.64. The third-order valence-corrected chi connectivity index (χ3v) is 5.64. The molecule has 8 heteroatoms. The van der Waals surface area contributed by atoms with Gasteiger partial charge < -0.3 is 20.6 Å². The summed E-state index contributed by atoms with van der Waals surface area (Å²) in [6, 6.07) is 5.11. The first-order chi connectivity index (χ1) is 13.0. The minimum absolute atomic E-state index is 0.00940. The number of imide groups is 1. The third kappa shape index (κ3) is 3.47. The highest BCUT2D eigenvalue weighted by Crippen LogP contribution is 2.30. The quantitative estimate of drug-likeness (QED) is 0.518. The van der Waals surface area contributed by atoms with Gasteiger partial charge in [0.05, 0.1) is 6.10 Å². The molecule has 144 valence electrons. The Balaban J connectivity index is 1.49. The fourth-order valence-corrected chi connectivity index (χ4v) is 4.16. The number of aliphatic hydroxyl groups is 1. The Morgan fingerprint density at radius 3 is 2.85 bits per heavy atom. The van der Waals surface area contributed by atoms with Crippen LogP contribution in [0.15, 0.2) is 18.2 Å². The SMILES string of the molecule is O=C1CCC(N2Cc3cccc(CN[C@H]4CCNC[C@@H]4O)c3C2=O)C(=O)N1. The molecule has 4 N–H and O–H groups in total. The van der Waals surface area contributed by atoms with Gasteiger partial charge in [0.25, 0.3) is 5.91 Å². The lowest BCUT2D eigenvalue weighted by Gasteiger charge is -2.30. The van der Waals surface area contributed by atoms with E-state index in [9.17, 15) is 19.5 Å².